The lowest BCUT2D eigenvalue weighted by atomic mass is 10.2. The average Bonchev–Trinajstić information content (AvgIpc) is 1.59. The van der Waals surface area contributed by atoms with E-state index >= 15 is 0 Å². The molecule has 5 heteroatoms. The van der Waals surface area contributed by atoms with Crippen LogP contribution in [0.25, 0.3) is 0 Å². The maximum absolute atomic E-state index is 10.9. The second-order valence-electron chi connectivity index (χ2n) is 3.04. The molecule has 0 amide bonds. The highest BCUT2D eigenvalue weighted by atomic mass is 32.1. The van der Waals surface area contributed by atoms with Crippen molar-refractivity contribution in [2.75, 3.05) is 6.66 Å². The van der Waals surface area contributed by atoms with Gasteiger partial charge < -0.3 is 10.6 Å². The number of thiol groups is 1. The molecule has 3 nitrogen and oxygen atoms in total. The molecule has 0 saturated carbocycles. The molecule has 0 spiro atoms. The van der Waals surface area contributed by atoms with Gasteiger partial charge >= 0.3 is 0 Å². The smallest absolute Gasteiger partial charge is 0.215 e. The Morgan fingerprint density at radius 2 is 2.00 bits per heavy atom. The molecule has 0 heterocycles. The predicted octanol–water partition coefficient (Wildman–Crippen LogP) is 0.880. The highest BCUT2D eigenvalue weighted by molar-refractivity contribution is 7.82. The molecule has 0 fully saturated rings. The monoisotopic (exact) mass is 183 g/mol. The van der Waals surface area contributed by atoms with Crippen LogP contribution in [0.3, 0.4) is 0 Å². The average molecular weight is 183 g/mol. The van der Waals surface area contributed by atoms with E-state index in [1.54, 1.807) is 13.8 Å². The lowest BCUT2D eigenvalue weighted by molar-refractivity contribution is 0.456. The zero-order valence-electron chi connectivity index (χ0n) is 6.40. The zero-order chi connectivity index (χ0) is 8.58. The second kappa shape index (κ2) is 2.86. The van der Waals surface area contributed by atoms with Crippen LogP contribution >= 0.6 is 20.0 Å². The van der Waals surface area contributed by atoms with Crippen molar-refractivity contribution in [3.63, 3.8) is 0 Å². The minimum Gasteiger partial charge on any atom is -0.343 e. The van der Waals surface area contributed by atoms with Gasteiger partial charge in [0.1, 0.15) is 0 Å². The van der Waals surface area contributed by atoms with Crippen LogP contribution < -0.4 is 5.73 Å². The van der Waals surface area contributed by atoms with Gasteiger partial charge in [0.2, 0.25) is 7.37 Å². The van der Waals surface area contributed by atoms with Crippen LogP contribution in [0.5, 0.6) is 0 Å². The maximum atomic E-state index is 10.9. The zero-order valence-corrected chi connectivity index (χ0v) is 8.19. The highest BCUT2D eigenvalue weighted by Crippen LogP contribution is 2.45. The van der Waals surface area contributed by atoms with Gasteiger partial charge in [-0.15, -0.1) is 0 Å². The van der Waals surface area contributed by atoms with E-state index in [0.717, 1.165) is 0 Å². The fourth-order valence-corrected chi connectivity index (χ4v) is 2.40. The van der Waals surface area contributed by atoms with E-state index in [2.05, 4.69) is 12.6 Å². The van der Waals surface area contributed by atoms with Crippen LogP contribution in [-0.4, -0.2) is 22.1 Å². The van der Waals surface area contributed by atoms with Crippen molar-refractivity contribution in [3.8, 4) is 0 Å². The first-order valence-electron chi connectivity index (χ1n) is 2.93. The molecule has 0 saturated heterocycles. The standard InChI is InChI=1S/C5H14NO2PS/c1-5(2,10)4(6)9(3,7)8/h4,10H,6H2,1-3H3,(H,7,8). The summed E-state index contributed by atoms with van der Waals surface area (Å²) in [4.78, 5) is 9.00. The molecule has 0 aliphatic rings. The molecule has 0 bridgehead atoms. The number of rotatable bonds is 2. The summed E-state index contributed by atoms with van der Waals surface area (Å²) >= 11 is 4.09. The van der Waals surface area contributed by atoms with Gasteiger partial charge in [-0.3, -0.25) is 4.57 Å². The molecule has 0 aromatic rings. The first-order chi connectivity index (χ1) is 4.15. The largest absolute Gasteiger partial charge is 0.343 e. The van der Waals surface area contributed by atoms with Crippen LogP contribution in [0.1, 0.15) is 13.8 Å². The first kappa shape index (κ1) is 10.5. The van der Waals surface area contributed by atoms with Gasteiger partial charge in [-0.25, -0.2) is 0 Å². The molecule has 0 aliphatic heterocycles. The molecule has 0 aromatic heterocycles. The van der Waals surface area contributed by atoms with E-state index < -0.39 is 17.9 Å². The van der Waals surface area contributed by atoms with E-state index in [0.29, 0.717) is 0 Å². The Hall–Kier alpha value is 0.500. The van der Waals surface area contributed by atoms with Gasteiger partial charge in [-0.2, -0.15) is 12.6 Å². The molecule has 3 N–H and O–H groups in total. The summed E-state index contributed by atoms with van der Waals surface area (Å²) in [7, 11) is -3.18. The van der Waals surface area contributed by atoms with Gasteiger partial charge in [-0.1, -0.05) is 0 Å². The molecule has 0 aromatic carbocycles. The predicted molar refractivity (Wildman–Crippen MR) is 46.8 cm³/mol. The van der Waals surface area contributed by atoms with Crippen molar-refractivity contribution in [1.29, 1.82) is 0 Å². The normalized spacial score (nSPS) is 21.8. The molecule has 62 valence electrons. The minimum absolute atomic E-state index is 0.598. The Bertz CT molecular complexity index is 160. The van der Waals surface area contributed by atoms with Crippen molar-refractivity contribution in [1.82, 2.24) is 0 Å². The summed E-state index contributed by atoms with van der Waals surface area (Å²) in [5.41, 5.74) is 5.44. The lowest BCUT2D eigenvalue weighted by Gasteiger charge is -2.27. The lowest BCUT2D eigenvalue weighted by Crippen LogP contribution is -2.38. The molecular formula is C5H14NO2PS. The van der Waals surface area contributed by atoms with E-state index in [1.807, 2.05) is 0 Å². The van der Waals surface area contributed by atoms with Crippen molar-refractivity contribution in [3.05, 3.63) is 0 Å². The summed E-state index contributed by atoms with van der Waals surface area (Å²) in [6, 6.07) is 0. The molecule has 2 atom stereocenters. The van der Waals surface area contributed by atoms with Crippen LogP contribution in [-0.2, 0) is 4.57 Å². The molecule has 10 heavy (non-hydrogen) atoms. The maximum Gasteiger partial charge on any atom is 0.215 e. The Kier molecular flexibility index (Phi) is 3.00. The SMILES string of the molecule is CC(C)(S)C(N)P(C)(=O)O. The second-order valence-corrected chi connectivity index (χ2v) is 6.64. The molecule has 0 aliphatic carbocycles. The van der Waals surface area contributed by atoms with Crippen molar-refractivity contribution in [2.24, 2.45) is 5.73 Å². The molecule has 2 unspecified atom stereocenters. The highest BCUT2D eigenvalue weighted by Gasteiger charge is 2.33. The summed E-state index contributed by atoms with van der Waals surface area (Å²) in [5, 5.41) is 0. The van der Waals surface area contributed by atoms with Gasteiger partial charge in [-0.05, 0) is 13.8 Å². The van der Waals surface area contributed by atoms with Crippen molar-refractivity contribution < 1.29 is 9.46 Å². The summed E-state index contributed by atoms with van der Waals surface area (Å²) in [5.74, 6) is -0.761. The van der Waals surface area contributed by atoms with Crippen LogP contribution in [0.2, 0.25) is 0 Å². The summed E-state index contributed by atoms with van der Waals surface area (Å²) < 4.78 is 10.3. The quantitative estimate of drug-likeness (QED) is 0.440. The Morgan fingerprint density at radius 3 is 2.00 bits per heavy atom. The molecule has 0 rings (SSSR count). The first-order valence-corrected chi connectivity index (χ1v) is 5.56. The van der Waals surface area contributed by atoms with Gasteiger partial charge in [0.05, 0.1) is 5.78 Å². The number of hydrogen-bond acceptors (Lipinski definition) is 3. The Labute approximate surface area is 66.9 Å². The van der Waals surface area contributed by atoms with E-state index in [9.17, 15) is 4.57 Å². The molecular weight excluding hydrogens is 169 g/mol. The topological polar surface area (TPSA) is 63.3 Å². The van der Waals surface area contributed by atoms with Gasteiger partial charge in [0, 0.05) is 11.4 Å². The third-order valence-electron chi connectivity index (χ3n) is 1.24. The summed E-state index contributed by atoms with van der Waals surface area (Å²) in [6.07, 6.45) is 0. The number of nitrogens with two attached hydrogens (primary N) is 1. The van der Waals surface area contributed by atoms with Gasteiger partial charge in [0.15, 0.2) is 0 Å². The van der Waals surface area contributed by atoms with E-state index in [4.69, 9.17) is 10.6 Å². The fourth-order valence-electron chi connectivity index (χ4n) is 0.586. The Morgan fingerprint density at radius 1 is 1.70 bits per heavy atom. The minimum atomic E-state index is -3.18. The van der Waals surface area contributed by atoms with Crippen LogP contribution in [0, 0.1) is 0 Å². The van der Waals surface area contributed by atoms with E-state index in [-0.39, 0.29) is 0 Å². The van der Waals surface area contributed by atoms with Crippen LogP contribution in [0.4, 0.5) is 0 Å². The Balaban J connectivity index is 4.39. The third kappa shape index (κ3) is 3.06. The third-order valence-corrected chi connectivity index (χ3v) is 3.40. The van der Waals surface area contributed by atoms with Crippen molar-refractivity contribution in [2.45, 2.75) is 24.4 Å². The van der Waals surface area contributed by atoms with E-state index in [1.165, 1.54) is 6.66 Å². The number of hydrogen-bond donors (Lipinski definition) is 3. The fraction of sp³-hybridized carbons (Fsp3) is 1.00. The summed E-state index contributed by atoms with van der Waals surface area (Å²) in [6.45, 7) is 4.68. The molecule has 0 radical (unpaired) electrons. The van der Waals surface area contributed by atoms with Crippen LogP contribution in [0.15, 0.2) is 0 Å². The van der Waals surface area contributed by atoms with Gasteiger partial charge in [0.25, 0.3) is 0 Å². The van der Waals surface area contributed by atoms with Crippen molar-refractivity contribution >= 4 is 20.0 Å².